The number of nitrogens with one attached hydrogen (secondary N) is 1. The Morgan fingerprint density at radius 2 is 2.06 bits per heavy atom. The third-order valence-electron chi connectivity index (χ3n) is 2.48. The lowest BCUT2D eigenvalue weighted by molar-refractivity contribution is 0.0719. The average molecular weight is 241 g/mol. The van der Waals surface area contributed by atoms with Crippen LogP contribution in [0.15, 0.2) is 18.2 Å². The van der Waals surface area contributed by atoms with E-state index in [0.29, 0.717) is 26.4 Å². The van der Waals surface area contributed by atoms with Crippen molar-refractivity contribution in [1.29, 1.82) is 0 Å². The second kappa shape index (κ2) is 8.17. The van der Waals surface area contributed by atoms with Crippen LogP contribution in [0, 0.1) is 12.7 Å². The Morgan fingerprint density at radius 1 is 1.24 bits per heavy atom. The molecule has 1 N–H and O–H groups in total. The topological polar surface area (TPSA) is 30.5 Å². The van der Waals surface area contributed by atoms with Crippen molar-refractivity contribution in [3.05, 3.63) is 35.1 Å². The molecule has 0 radical (unpaired) electrons. The molecule has 1 rings (SSSR count). The van der Waals surface area contributed by atoms with Crippen LogP contribution in [0.2, 0.25) is 0 Å². The molecule has 0 saturated carbocycles. The molecule has 0 aliphatic carbocycles. The number of aryl methyl sites for hydroxylation is 1. The zero-order chi connectivity index (χ0) is 12.5. The monoisotopic (exact) mass is 241 g/mol. The molecule has 0 bridgehead atoms. The Morgan fingerprint density at radius 3 is 2.82 bits per heavy atom. The second-order valence-corrected chi connectivity index (χ2v) is 3.85. The predicted molar refractivity (Wildman–Crippen MR) is 65.5 cm³/mol. The van der Waals surface area contributed by atoms with Gasteiger partial charge in [-0.2, -0.15) is 0 Å². The van der Waals surface area contributed by atoms with Gasteiger partial charge in [0, 0.05) is 20.2 Å². The van der Waals surface area contributed by atoms with E-state index in [4.69, 9.17) is 9.47 Å². The lowest BCUT2D eigenvalue weighted by Crippen LogP contribution is -2.20. The number of benzene rings is 1. The van der Waals surface area contributed by atoms with Crippen molar-refractivity contribution < 1.29 is 13.9 Å². The summed E-state index contributed by atoms with van der Waals surface area (Å²) in [7, 11) is 1.65. The van der Waals surface area contributed by atoms with Crippen molar-refractivity contribution >= 4 is 0 Å². The van der Waals surface area contributed by atoms with Gasteiger partial charge in [-0.15, -0.1) is 0 Å². The first-order chi connectivity index (χ1) is 8.24. The maximum Gasteiger partial charge on any atom is 0.123 e. The summed E-state index contributed by atoms with van der Waals surface area (Å²) < 4.78 is 23.2. The van der Waals surface area contributed by atoms with E-state index in [1.165, 1.54) is 6.07 Å². The summed E-state index contributed by atoms with van der Waals surface area (Å²) in [6.45, 7) is 5.25. The van der Waals surface area contributed by atoms with Gasteiger partial charge in [-0.3, -0.25) is 0 Å². The molecule has 17 heavy (non-hydrogen) atoms. The molecule has 0 amide bonds. The summed E-state index contributed by atoms with van der Waals surface area (Å²) in [5.41, 5.74) is 2.08. The highest BCUT2D eigenvalue weighted by Gasteiger charge is 1.99. The fourth-order valence-corrected chi connectivity index (χ4v) is 1.44. The van der Waals surface area contributed by atoms with Gasteiger partial charge in [-0.05, 0) is 30.2 Å². The van der Waals surface area contributed by atoms with Crippen LogP contribution in [-0.2, 0) is 16.0 Å². The Labute approximate surface area is 102 Å². The number of methoxy groups -OCH3 is 1. The first kappa shape index (κ1) is 14.1. The molecule has 1 aromatic rings. The van der Waals surface area contributed by atoms with Crippen LogP contribution in [-0.4, -0.2) is 33.5 Å². The van der Waals surface area contributed by atoms with Gasteiger partial charge in [-0.25, -0.2) is 4.39 Å². The maximum absolute atomic E-state index is 13.0. The molecule has 0 aromatic heterocycles. The molecule has 0 spiro atoms. The minimum atomic E-state index is -0.191. The molecule has 0 atom stereocenters. The number of hydrogen-bond acceptors (Lipinski definition) is 3. The molecular formula is C13H20FNO2. The second-order valence-electron chi connectivity index (χ2n) is 3.85. The van der Waals surface area contributed by atoms with Gasteiger partial charge in [0.05, 0.1) is 19.8 Å². The van der Waals surface area contributed by atoms with E-state index >= 15 is 0 Å². The largest absolute Gasteiger partial charge is 0.382 e. The van der Waals surface area contributed by atoms with E-state index in [-0.39, 0.29) is 5.82 Å². The number of hydrogen-bond donors (Lipinski definition) is 1. The number of rotatable bonds is 8. The smallest absolute Gasteiger partial charge is 0.123 e. The highest BCUT2D eigenvalue weighted by atomic mass is 19.1. The molecule has 0 aliphatic heterocycles. The van der Waals surface area contributed by atoms with E-state index < -0.39 is 0 Å². The summed E-state index contributed by atoms with van der Waals surface area (Å²) in [6.07, 6.45) is 0. The van der Waals surface area contributed by atoms with Crippen LogP contribution in [0.1, 0.15) is 11.1 Å². The van der Waals surface area contributed by atoms with Crippen molar-refractivity contribution in [2.45, 2.75) is 13.5 Å². The first-order valence-electron chi connectivity index (χ1n) is 5.76. The van der Waals surface area contributed by atoms with E-state index in [9.17, 15) is 4.39 Å². The van der Waals surface area contributed by atoms with Gasteiger partial charge in [0.25, 0.3) is 0 Å². The zero-order valence-corrected chi connectivity index (χ0v) is 10.5. The van der Waals surface area contributed by atoms with Gasteiger partial charge in [-0.1, -0.05) is 6.07 Å². The molecule has 3 nitrogen and oxygen atoms in total. The summed E-state index contributed by atoms with van der Waals surface area (Å²) in [5.74, 6) is -0.191. The Bertz CT molecular complexity index is 331. The van der Waals surface area contributed by atoms with Crippen LogP contribution in [0.4, 0.5) is 4.39 Å². The lowest BCUT2D eigenvalue weighted by atomic mass is 10.1. The molecule has 0 fully saturated rings. The van der Waals surface area contributed by atoms with Crippen LogP contribution >= 0.6 is 0 Å². The molecule has 4 heteroatoms. The van der Waals surface area contributed by atoms with Crippen LogP contribution < -0.4 is 5.32 Å². The third kappa shape index (κ3) is 5.77. The summed E-state index contributed by atoms with van der Waals surface area (Å²) in [5, 5.41) is 3.21. The fourth-order valence-electron chi connectivity index (χ4n) is 1.44. The van der Waals surface area contributed by atoms with Gasteiger partial charge in [0.1, 0.15) is 5.82 Å². The summed E-state index contributed by atoms with van der Waals surface area (Å²) in [4.78, 5) is 0. The number of ether oxygens (including phenoxy) is 2. The molecule has 0 aliphatic rings. The van der Waals surface area contributed by atoms with E-state index in [1.807, 2.05) is 6.92 Å². The standard InChI is InChI=1S/C13H20FNO2/c1-11-3-4-13(14)9-12(11)10-15-5-6-17-8-7-16-2/h3-4,9,15H,5-8,10H2,1-2H3. The molecule has 0 unspecified atom stereocenters. The molecule has 0 heterocycles. The van der Waals surface area contributed by atoms with Crippen molar-refractivity contribution in [3.63, 3.8) is 0 Å². The third-order valence-corrected chi connectivity index (χ3v) is 2.48. The molecule has 0 saturated heterocycles. The van der Waals surface area contributed by atoms with E-state index in [1.54, 1.807) is 19.2 Å². The highest BCUT2D eigenvalue weighted by Crippen LogP contribution is 2.09. The highest BCUT2D eigenvalue weighted by molar-refractivity contribution is 5.26. The van der Waals surface area contributed by atoms with Crippen LogP contribution in [0.5, 0.6) is 0 Å². The van der Waals surface area contributed by atoms with Gasteiger partial charge >= 0.3 is 0 Å². The Kier molecular flexibility index (Phi) is 6.77. The van der Waals surface area contributed by atoms with Crippen molar-refractivity contribution in [1.82, 2.24) is 5.32 Å². The van der Waals surface area contributed by atoms with Crippen LogP contribution in [0.3, 0.4) is 0 Å². The molecule has 96 valence electrons. The Hall–Kier alpha value is -0.970. The quantitative estimate of drug-likeness (QED) is 0.705. The molecular weight excluding hydrogens is 221 g/mol. The normalized spacial score (nSPS) is 10.8. The van der Waals surface area contributed by atoms with Gasteiger partial charge in [0.15, 0.2) is 0 Å². The van der Waals surface area contributed by atoms with Crippen molar-refractivity contribution in [2.75, 3.05) is 33.5 Å². The van der Waals surface area contributed by atoms with Gasteiger partial charge < -0.3 is 14.8 Å². The Balaban J connectivity index is 2.15. The zero-order valence-electron chi connectivity index (χ0n) is 10.5. The van der Waals surface area contributed by atoms with E-state index in [0.717, 1.165) is 17.7 Å². The SMILES string of the molecule is COCCOCCNCc1cc(F)ccc1C. The van der Waals surface area contributed by atoms with Crippen molar-refractivity contribution in [2.24, 2.45) is 0 Å². The summed E-state index contributed by atoms with van der Waals surface area (Å²) >= 11 is 0. The fraction of sp³-hybridized carbons (Fsp3) is 0.538. The van der Waals surface area contributed by atoms with Crippen LogP contribution in [0.25, 0.3) is 0 Å². The average Bonchev–Trinajstić information content (AvgIpc) is 2.32. The minimum Gasteiger partial charge on any atom is -0.382 e. The first-order valence-corrected chi connectivity index (χ1v) is 5.76. The van der Waals surface area contributed by atoms with Gasteiger partial charge in [0.2, 0.25) is 0 Å². The maximum atomic E-state index is 13.0. The number of halogens is 1. The molecule has 1 aromatic carbocycles. The van der Waals surface area contributed by atoms with Crippen molar-refractivity contribution in [3.8, 4) is 0 Å². The minimum absolute atomic E-state index is 0.191. The lowest BCUT2D eigenvalue weighted by Gasteiger charge is -2.08. The van der Waals surface area contributed by atoms with E-state index in [2.05, 4.69) is 5.32 Å². The predicted octanol–water partition coefficient (Wildman–Crippen LogP) is 1.89. The summed E-state index contributed by atoms with van der Waals surface area (Å²) in [6, 6.07) is 4.84.